The van der Waals surface area contributed by atoms with E-state index in [1.807, 2.05) is 13.8 Å². The number of hydrogen-bond donors (Lipinski definition) is 0. The molecule has 1 nitrogen and oxygen atoms in total. The van der Waals surface area contributed by atoms with Crippen LogP contribution >= 0.6 is 0 Å². The van der Waals surface area contributed by atoms with Crippen LogP contribution in [0.3, 0.4) is 0 Å². The van der Waals surface area contributed by atoms with E-state index in [0.29, 0.717) is 24.9 Å². The first-order valence-corrected chi connectivity index (χ1v) is 7.91. The monoisotopic (exact) mass is 319 g/mol. The Kier molecular flexibility index (Phi) is 6.69. The molecular formula is C17H25F4N. The highest BCUT2D eigenvalue weighted by molar-refractivity contribution is 5.56. The number of anilines is 1. The molecule has 1 aromatic carbocycles. The van der Waals surface area contributed by atoms with Gasteiger partial charge in [-0.25, -0.2) is 4.39 Å². The number of para-hydroxylation sites is 1. The summed E-state index contributed by atoms with van der Waals surface area (Å²) in [7, 11) is 0. The number of nitrogens with zero attached hydrogens (tertiary/aromatic N) is 1. The van der Waals surface area contributed by atoms with Gasteiger partial charge in [-0.15, -0.1) is 0 Å². The molecule has 0 saturated carbocycles. The molecule has 1 aliphatic rings. The Hall–Kier alpha value is -1.26. The van der Waals surface area contributed by atoms with Crippen LogP contribution in [0, 0.1) is 17.7 Å². The molecule has 0 aliphatic carbocycles. The molecule has 5 heteroatoms. The number of alkyl halides is 3. The zero-order valence-electron chi connectivity index (χ0n) is 13.7. The molecule has 0 unspecified atom stereocenters. The molecule has 2 rings (SSSR count). The summed E-state index contributed by atoms with van der Waals surface area (Å²) in [6, 6.07) is 3.16. The largest absolute Gasteiger partial charge is 0.418 e. The number of benzene rings is 1. The summed E-state index contributed by atoms with van der Waals surface area (Å²) < 4.78 is 52.9. The van der Waals surface area contributed by atoms with E-state index in [0.717, 1.165) is 31.0 Å². The second-order valence-electron chi connectivity index (χ2n) is 5.70. The predicted molar refractivity (Wildman–Crippen MR) is 82.5 cm³/mol. The molecule has 0 bridgehead atoms. The maximum Gasteiger partial charge on any atom is 0.418 e. The van der Waals surface area contributed by atoms with Crippen LogP contribution in [0.5, 0.6) is 0 Å². The van der Waals surface area contributed by atoms with Gasteiger partial charge in [-0.2, -0.15) is 13.2 Å². The zero-order valence-corrected chi connectivity index (χ0v) is 13.7. The van der Waals surface area contributed by atoms with E-state index >= 15 is 0 Å². The van der Waals surface area contributed by atoms with Crippen molar-refractivity contribution in [3.63, 3.8) is 0 Å². The summed E-state index contributed by atoms with van der Waals surface area (Å²) in [4.78, 5) is 1.54. The van der Waals surface area contributed by atoms with Crippen LogP contribution in [0.25, 0.3) is 0 Å². The van der Waals surface area contributed by atoms with Crippen molar-refractivity contribution in [2.24, 2.45) is 11.8 Å². The highest BCUT2D eigenvalue weighted by atomic mass is 19.4. The van der Waals surface area contributed by atoms with Crippen molar-refractivity contribution in [3.8, 4) is 0 Å². The van der Waals surface area contributed by atoms with Crippen molar-refractivity contribution in [2.45, 2.75) is 46.7 Å². The smallest absolute Gasteiger partial charge is 0.369 e. The van der Waals surface area contributed by atoms with Crippen molar-refractivity contribution in [2.75, 3.05) is 18.0 Å². The molecule has 0 N–H and O–H groups in total. The van der Waals surface area contributed by atoms with Crippen molar-refractivity contribution in [1.82, 2.24) is 0 Å². The van der Waals surface area contributed by atoms with Gasteiger partial charge >= 0.3 is 6.18 Å². The van der Waals surface area contributed by atoms with Crippen LogP contribution in [0.15, 0.2) is 18.2 Å². The Morgan fingerprint density at radius 1 is 1.09 bits per heavy atom. The third kappa shape index (κ3) is 4.37. The Labute approximate surface area is 130 Å². The van der Waals surface area contributed by atoms with Crippen LogP contribution in [0.2, 0.25) is 0 Å². The molecule has 0 spiro atoms. The van der Waals surface area contributed by atoms with E-state index in [4.69, 9.17) is 0 Å². The summed E-state index contributed by atoms with van der Waals surface area (Å²) in [5.74, 6) is 0.232. The van der Waals surface area contributed by atoms with Crippen LogP contribution in [-0.4, -0.2) is 13.1 Å². The number of halogens is 4. The fourth-order valence-corrected chi connectivity index (χ4v) is 2.86. The van der Waals surface area contributed by atoms with Crippen LogP contribution in [-0.2, 0) is 6.18 Å². The van der Waals surface area contributed by atoms with Gasteiger partial charge in [0.05, 0.1) is 11.3 Å². The minimum absolute atomic E-state index is 0.290. The molecule has 0 atom stereocenters. The fourth-order valence-electron chi connectivity index (χ4n) is 2.86. The van der Waals surface area contributed by atoms with Gasteiger partial charge in [-0.05, 0) is 36.8 Å². The Morgan fingerprint density at radius 2 is 1.64 bits per heavy atom. The lowest BCUT2D eigenvalue weighted by atomic mass is 9.86. The molecule has 1 heterocycles. The molecule has 126 valence electrons. The van der Waals surface area contributed by atoms with E-state index < -0.39 is 17.6 Å². The minimum Gasteiger partial charge on any atom is -0.369 e. The first kappa shape index (κ1) is 18.8. The number of rotatable bonds is 2. The maximum absolute atomic E-state index is 13.9. The van der Waals surface area contributed by atoms with Crippen molar-refractivity contribution in [1.29, 1.82) is 0 Å². The molecule has 0 radical (unpaired) electrons. The summed E-state index contributed by atoms with van der Waals surface area (Å²) >= 11 is 0. The lowest BCUT2D eigenvalue weighted by Gasteiger charge is -2.36. The Balaban J connectivity index is 0.00000116. The van der Waals surface area contributed by atoms with Crippen molar-refractivity contribution >= 4 is 5.69 Å². The lowest BCUT2D eigenvalue weighted by Crippen LogP contribution is -2.37. The van der Waals surface area contributed by atoms with E-state index in [9.17, 15) is 17.6 Å². The molecule has 1 aromatic rings. The molecule has 1 fully saturated rings. The van der Waals surface area contributed by atoms with Gasteiger partial charge in [-0.3, -0.25) is 0 Å². The van der Waals surface area contributed by atoms with Crippen LogP contribution in [0.4, 0.5) is 23.2 Å². The third-order valence-electron chi connectivity index (χ3n) is 4.09. The quantitative estimate of drug-likeness (QED) is 0.628. The van der Waals surface area contributed by atoms with E-state index in [2.05, 4.69) is 13.8 Å². The van der Waals surface area contributed by atoms with Crippen molar-refractivity contribution in [3.05, 3.63) is 29.6 Å². The van der Waals surface area contributed by atoms with Gasteiger partial charge in [0.1, 0.15) is 5.82 Å². The number of hydrogen-bond acceptors (Lipinski definition) is 1. The highest BCUT2D eigenvalue weighted by Gasteiger charge is 2.37. The number of piperidine rings is 1. The zero-order chi connectivity index (χ0) is 16.9. The van der Waals surface area contributed by atoms with E-state index in [1.165, 1.54) is 4.90 Å². The topological polar surface area (TPSA) is 3.24 Å². The molecule has 1 saturated heterocycles. The Bertz CT molecular complexity index is 460. The summed E-state index contributed by atoms with van der Waals surface area (Å²) in [6.07, 6.45) is -2.90. The summed E-state index contributed by atoms with van der Waals surface area (Å²) in [5, 5.41) is 0. The van der Waals surface area contributed by atoms with Gasteiger partial charge in [0.15, 0.2) is 0 Å². The maximum atomic E-state index is 13.9. The van der Waals surface area contributed by atoms with Crippen LogP contribution < -0.4 is 4.90 Å². The van der Waals surface area contributed by atoms with E-state index in [-0.39, 0.29) is 5.69 Å². The molecule has 22 heavy (non-hydrogen) atoms. The first-order chi connectivity index (χ1) is 10.3. The molecule has 0 aromatic heterocycles. The molecule has 1 aliphatic heterocycles. The molecule has 0 amide bonds. The average molecular weight is 319 g/mol. The van der Waals surface area contributed by atoms with Gasteiger partial charge in [0.25, 0.3) is 0 Å². The summed E-state index contributed by atoms with van der Waals surface area (Å²) in [6.45, 7) is 9.19. The standard InChI is InChI=1S/C15H19F4N.C2H6/c1-10(2)11-6-8-20(9-7-11)14-12(15(17,18)19)4-3-5-13(14)16;1-2/h3-5,10-11H,6-9H2,1-2H3;1-2H3. The second-order valence-corrected chi connectivity index (χ2v) is 5.70. The second kappa shape index (κ2) is 7.84. The van der Waals surface area contributed by atoms with Gasteiger partial charge in [0, 0.05) is 13.1 Å². The lowest BCUT2D eigenvalue weighted by molar-refractivity contribution is -0.137. The van der Waals surface area contributed by atoms with Gasteiger partial charge in [-0.1, -0.05) is 33.8 Å². The highest BCUT2D eigenvalue weighted by Crippen LogP contribution is 2.39. The van der Waals surface area contributed by atoms with Crippen molar-refractivity contribution < 1.29 is 17.6 Å². The summed E-state index contributed by atoms with van der Waals surface area (Å²) in [5.41, 5.74) is -1.16. The first-order valence-electron chi connectivity index (χ1n) is 7.91. The SMILES string of the molecule is CC.CC(C)C1CCN(c2c(F)cccc2C(F)(F)F)CC1. The normalized spacial score (nSPS) is 16.5. The predicted octanol–water partition coefficient (Wildman–Crippen LogP) is 5.74. The van der Waals surface area contributed by atoms with E-state index in [1.54, 1.807) is 0 Å². The third-order valence-corrected chi connectivity index (χ3v) is 4.09. The molecular weight excluding hydrogens is 294 g/mol. The minimum atomic E-state index is -4.52. The fraction of sp³-hybridized carbons (Fsp3) is 0.647. The Morgan fingerprint density at radius 3 is 2.09 bits per heavy atom. The van der Waals surface area contributed by atoms with Gasteiger partial charge in [0.2, 0.25) is 0 Å². The average Bonchev–Trinajstić information content (AvgIpc) is 2.48. The van der Waals surface area contributed by atoms with Gasteiger partial charge < -0.3 is 4.90 Å². The van der Waals surface area contributed by atoms with Crippen LogP contribution in [0.1, 0.15) is 46.1 Å².